The van der Waals surface area contributed by atoms with Gasteiger partial charge in [0, 0.05) is 25.2 Å². The summed E-state index contributed by atoms with van der Waals surface area (Å²) in [6.45, 7) is 3.16. The first-order valence-electron chi connectivity index (χ1n) is 7.68. The minimum absolute atomic E-state index is 0.580. The summed E-state index contributed by atoms with van der Waals surface area (Å²) >= 11 is 0. The quantitative estimate of drug-likeness (QED) is 0.891. The molecule has 2 aromatic rings. The van der Waals surface area contributed by atoms with Gasteiger partial charge in [-0.3, -0.25) is 4.99 Å². The number of benzene rings is 2. The lowest BCUT2D eigenvalue weighted by molar-refractivity contribution is 0.302. The molecule has 1 aliphatic heterocycles. The van der Waals surface area contributed by atoms with E-state index in [1.165, 1.54) is 5.56 Å². The SMILES string of the molecule is c1ccc(COc2ccccc2CNC2=NCCCN2)cc1. The number of nitrogens with zero attached hydrogens (tertiary/aromatic N) is 1. The highest BCUT2D eigenvalue weighted by Crippen LogP contribution is 2.19. The molecule has 4 nitrogen and oxygen atoms in total. The van der Waals surface area contributed by atoms with Gasteiger partial charge in [-0.05, 0) is 18.1 Å². The van der Waals surface area contributed by atoms with Crippen LogP contribution in [0, 0.1) is 0 Å². The monoisotopic (exact) mass is 295 g/mol. The van der Waals surface area contributed by atoms with Crippen LogP contribution in [0.5, 0.6) is 5.75 Å². The summed E-state index contributed by atoms with van der Waals surface area (Å²) in [6.07, 6.45) is 1.10. The van der Waals surface area contributed by atoms with Crippen molar-refractivity contribution in [3.63, 3.8) is 0 Å². The van der Waals surface area contributed by atoms with Gasteiger partial charge in [-0.15, -0.1) is 0 Å². The molecule has 0 unspecified atom stereocenters. The van der Waals surface area contributed by atoms with E-state index in [1.807, 2.05) is 36.4 Å². The number of aliphatic imine (C=N–C) groups is 1. The number of nitrogens with one attached hydrogen (secondary N) is 2. The molecule has 3 rings (SSSR count). The van der Waals surface area contributed by atoms with E-state index >= 15 is 0 Å². The molecule has 0 atom stereocenters. The van der Waals surface area contributed by atoms with Gasteiger partial charge in [0.1, 0.15) is 12.4 Å². The van der Waals surface area contributed by atoms with Crippen molar-refractivity contribution in [1.82, 2.24) is 10.6 Å². The largest absolute Gasteiger partial charge is 0.489 e. The van der Waals surface area contributed by atoms with Gasteiger partial charge in [-0.25, -0.2) is 0 Å². The summed E-state index contributed by atoms with van der Waals surface area (Å²) in [6, 6.07) is 18.3. The van der Waals surface area contributed by atoms with E-state index in [-0.39, 0.29) is 0 Å². The molecule has 0 saturated heterocycles. The Bertz CT molecular complexity index is 625. The number of hydrogen-bond acceptors (Lipinski definition) is 4. The second kappa shape index (κ2) is 7.50. The third kappa shape index (κ3) is 4.01. The van der Waals surface area contributed by atoms with Crippen LogP contribution < -0.4 is 15.4 Å². The van der Waals surface area contributed by atoms with Crippen LogP contribution in [-0.2, 0) is 13.2 Å². The summed E-state index contributed by atoms with van der Waals surface area (Å²) < 4.78 is 5.96. The van der Waals surface area contributed by atoms with Gasteiger partial charge in [0.05, 0.1) is 0 Å². The smallest absolute Gasteiger partial charge is 0.191 e. The lowest BCUT2D eigenvalue weighted by atomic mass is 10.2. The molecular weight excluding hydrogens is 274 g/mol. The first-order valence-corrected chi connectivity index (χ1v) is 7.68. The Balaban J connectivity index is 1.61. The standard InChI is InChI=1S/C18H21N3O/c1-2-7-15(8-3-1)14-22-17-10-5-4-9-16(17)13-21-18-19-11-6-12-20-18/h1-5,7-10H,6,11-14H2,(H2,19,20,21). The Labute approximate surface area is 131 Å². The highest BCUT2D eigenvalue weighted by molar-refractivity contribution is 5.80. The van der Waals surface area contributed by atoms with Crippen LogP contribution in [-0.4, -0.2) is 19.0 Å². The minimum Gasteiger partial charge on any atom is -0.489 e. The summed E-state index contributed by atoms with van der Waals surface area (Å²) in [5.74, 6) is 1.79. The first-order chi connectivity index (χ1) is 10.9. The number of para-hydroxylation sites is 1. The van der Waals surface area contributed by atoms with Crippen molar-refractivity contribution in [3.8, 4) is 5.75 Å². The lowest BCUT2D eigenvalue weighted by Gasteiger charge is -2.17. The molecule has 22 heavy (non-hydrogen) atoms. The van der Waals surface area contributed by atoms with Crippen LogP contribution in [0.25, 0.3) is 0 Å². The first kappa shape index (κ1) is 14.4. The van der Waals surface area contributed by atoms with Crippen molar-refractivity contribution in [3.05, 3.63) is 65.7 Å². The molecule has 0 aromatic heterocycles. The minimum atomic E-state index is 0.580. The van der Waals surface area contributed by atoms with Gasteiger partial charge < -0.3 is 15.4 Å². The topological polar surface area (TPSA) is 45.6 Å². The van der Waals surface area contributed by atoms with Crippen LogP contribution in [0.2, 0.25) is 0 Å². The van der Waals surface area contributed by atoms with Crippen LogP contribution >= 0.6 is 0 Å². The Morgan fingerprint density at radius 3 is 2.68 bits per heavy atom. The molecule has 1 aliphatic rings. The summed E-state index contributed by atoms with van der Waals surface area (Å²) in [7, 11) is 0. The van der Waals surface area contributed by atoms with Crippen molar-refractivity contribution >= 4 is 5.96 Å². The average Bonchev–Trinajstić information content (AvgIpc) is 2.61. The number of guanidine groups is 1. The van der Waals surface area contributed by atoms with Crippen LogP contribution in [0.15, 0.2) is 59.6 Å². The van der Waals surface area contributed by atoms with Gasteiger partial charge in [0.2, 0.25) is 0 Å². The number of hydrogen-bond donors (Lipinski definition) is 2. The molecule has 2 N–H and O–H groups in total. The molecule has 0 radical (unpaired) electrons. The molecule has 1 heterocycles. The molecule has 0 aliphatic carbocycles. The maximum atomic E-state index is 5.96. The zero-order valence-electron chi connectivity index (χ0n) is 12.6. The third-order valence-electron chi connectivity index (χ3n) is 3.55. The Morgan fingerprint density at radius 1 is 1.05 bits per heavy atom. The maximum absolute atomic E-state index is 5.96. The predicted octanol–water partition coefficient (Wildman–Crippen LogP) is 2.70. The number of ether oxygens (including phenoxy) is 1. The van der Waals surface area contributed by atoms with Crippen LogP contribution in [0.1, 0.15) is 17.5 Å². The predicted molar refractivity (Wildman–Crippen MR) is 89.0 cm³/mol. The van der Waals surface area contributed by atoms with Gasteiger partial charge >= 0.3 is 0 Å². The number of rotatable bonds is 5. The van der Waals surface area contributed by atoms with E-state index in [4.69, 9.17) is 4.74 Å². The fourth-order valence-electron chi connectivity index (χ4n) is 2.36. The van der Waals surface area contributed by atoms with E-state index < -0.39 is 0 Å². The second-order valence-corrected chi connectivity index (χ2v) is 5.25. The molecule has 0 spiro atoms. The van der Waals surface area contributed by atoms with Crippen molar-refractivity contribution < 1.29 is 4.74 Å². The van der Waals surface area contributed by atoms with Crippen molar-refractivity contribution in [1.29, 1.82) is 0 Å². The van der Waals surface area contributed by atoms with Crippen molar-refractivity contribution in [2.24, 2.45) is 4.99 Å². The van der Waals surface area contributed by atoms with Crippen LogP contribution in [0.3, 0.4) is 0 Å². The molecular formula is C18H21N3O. The molecule has 4 heteroatoms. The van der Waals surface area contributed by atoms with E-state index in [9.17, 15) is 0 Å². The van der Waals surface area contributed by atoms with E-state index in [0.717, 1.165) is 36.8 Å². The normalized spacial score (nSPS) is 13.9. The van der Waals surface area contributed by atoms with E-state index in [1.54, 1.807) is 0 Å². The molecule has 0 fully saturated rings. The molecule has 0 bridgehead atoms. The summed E-state index contributed by atoms with van der Waals surface area (Å²) in [5, 5.41) is 6.60. The zero-order chi connectivity index (χ0) is 15.0. The summed E-state index contributed by atoms with van der Waals surface area (Å²) in [5.41, 5.74) is 2.30. The van der Waals surface area contributed by atoms with E-state index in [2.05, 4.69) is 33.8 Å². The Hall–Kier alpha value is -2.49. The zero-order valence-corrected chi connectivity index (χ0v) is 12.6. The van der Waals surface area contributed by atoms with Gasteiger partial charge in [-0.2, -0.15) is 0 Å². The van der Waals surface area contributed by atoms with Crippen LogP contribution in [0.4, 0.5) is 0 Å². The fourth-order valence-corrected chi connectivity index (χ4v) is 2.36. The lowest BCUT2D eigenvalue weighted by Crippen LogP contribution is -2.40. The Morgan fingerprint density at radius 2 is 1.86 bits per heavy atom. The molecule has 0 amide bonds. The molecule has 0 saturated carbocycles. The Kier molecular flexibility index (Phi) is 4.92. The van der Waals surface area contributed by atoms with Gasteiger partial charge in [-0.1, -0.05) is 48.5 Å². The maximum Gasteiger partial charge on any atom is 0.191 e. The summed E-state index contributed by atoms with van der Waals surface area (Å²) in [4.78, 5) is 4.42. The molecule has 2 aromatic carbocycles. The molecule has 114 valence electrons. The van der Waals surface area contributed by atoms with Crippen molar-refractivity contribution in [2.75, 3.05) is 13.1 Å². The second-order valence-electron chi connectivity index (χ2n) is 5.25. The third-order valence-corrected chi connectivity index (χ3v) is 3.55. The van der Waals surface area contributed by atoms with E-state index in [0.29, 0.717) is 13.2 Å². The highest BCUT2D eigenvalue weighted by Gasteiger charge is 2.06. The fraction of sp³-hybridized carbons (Fsp3) is 0.278. The highest BCUT2D eigenvalue weighted by atomic mass is 16.5. The average molecular weight is 295 g/mol. The van der Waals surface area contributed by atoms with Gasteiger partial charge in [0.15, 0.2) is 5.96 Å². The van der Waals surface area contributed by atoms with Crippen molar-refractivity contribution in [2.45, 2.75) is 19.6 Å². The van der Waals surface area contributed by atoms with Gasteiger partial charge in [0.25, 0.3) is 0 Å².